The summed E-state index contributed by atoms with van der Waals surface area (Å²) in [4.78, 5) is 11.2. The highest BCUT2D eigenvalue weighted by molar-refractivity contribution is 5.89. The fourth-order valence-electron chi connectivity index (χ4n) is 2.16. The first-order valence-corrected chi connectivity index (χ1v) is 8.40. The number of carbonyl (C=O) groups excluding carboxylic acids is 1. The van der Waals surface area contributed by atoms with Gasteiger partial charge in [0.05, 0.1) is 12.2 Å². The van der Waals surface area contributed by atoms with Gasteiger partial charge in [-0.2, -0.15) is 0 Å². The zero-order chi connectivity index (χ0) is 18.8. The number of rotatable bonds is 4. The van der Waals surface area contributed by atoms with E-state index in [4.69, 9.17) is 14.9 Å². The Morgan fingerprint density at radius 2 is 1.27 bits per heavy atom. The third-order valence-electron chi connectivity index (χ3n) is 3.51. The molecule has 0 heterocycles. The molecule has 0 saturated carbocycles. The summed E-state index contributed by atoms with van der Waals surface area (Å²) in [5.41, 5.74) is 2.76. The van der Waals surface area contributed by atoms with Gasteiger partial charge in [0.25, 0.3) is 0 Å². The molecule has 26 heavy (non-hydrogen) atoms. The molecule has 3 rings (SSSR count). The molecule has 3 aromatic rings. The van der Waals surface area contributed by atoms with E-state index in [0.29, 0.717) is 17.9 Å². The molecule has 0 aliphatic heterocycles. The van der Waals surface area contributed by atoms with Gasteiger partial charge < -0.3 is 14.9 Å². The smallest absolute Gasteiger partial charge is 0.338 e. The van der Waals surface area contributed by atoms with E-state index in [0.717, 1.165) is 12.0 Å². The molecule has 134 valence electrons. The Morgan fingerprint density at radius 3 is 1.81 bits per heavy atom. The largest absolute Gasteiger partial charge is 0.508 e. The van der Waals surface area contributed by atoms with Gasteiger partial charge in [0.2, 0.25) is 0 Å². The lowest BCUT2D eigenvalue weighted by Crippen LogP contribution is -2.05. The summed E-state index contributed by atoms with van der Waals surface area (Å²) in [7, 11) is 0. The molecular formula is C22H22O4. The molecule has 0 saturated heterocycles. The van der Waals surface area contributed by atoms with Crippen molar-refractivity contribution in [1.82, 2.24) is 0 Å². The summed E-state index contributed by atoms with van der Waals surface area (Å²) >= 11 is 0. The van der Waals surface area contributed by atoms with Crippen molar-refractivity contribution in [1.29, 1.82) is 0 Å². The Kier molecular flexibility index (Phi) is 7.25. The lowest BCUT2D eigenvalue weighted by molar-refractivity contribution is 0.0505. The van der Waals surface area contributed by atoms with Crippen molar-refractivity contribution >= 4 is 5.97 Å². The van der Waals surface area contributed by atoms with Gasteiger partial charge in [-0.3, -0.25) is 0 Å². The quantitative estimate of drug-likeness (QED) is 0.649. The van der Waals surface area contributed by atoms with Gasteiger partial charge in [0.1, 0.15) is 11.5 Å². The Labute approximate surface area is 153 Å². The summed E-state index contributed by atoms with van der Waals surface area (Å²) in [6.07, 6.45) is 0.809. The molecule has 0 bridgehead atoms. The molecule has 3 aromatic carbocycles. The van der Waals surface area contributed by atoms with Gasteiger partial charge in [-0.1, -0.05) is 49.4 Å². The van der Waals surface area contributed by atoms with E-state index >= 15 is 0 Å². The number of hydrogen-bond acceptors (Lipinski definition) is 4. The van der Waals surface area contributed by atoms with Crippen molar-refractivity contribution in [3.63, 3.8) is 0 Å². The molecule has 0 aromatic heterocycles. The van der Waals surface area contributed by atoms with Crippen LogP contribution in [0.25, 0.3) is 11.1 Å². The van der Waals surface area contributed by atoms with Gasteiger partial charge in [-0.15, -0.1) is 0 Å². The lowest BCUT2D eigenvalue weighted by atomic mass is 10.1. The maximum absolute atomic E-state index is 11.2. The molecular weight excluding hydrogens is 328 g/mol. The normalized spacial score (nSPS) is 9.73. The molecule has 0 amide bonds. The lowest BCUT2D eigenvalue weighted by Gasteiger charge is -2.02. The van der Waals surface area contributed by atoms with Crippen molar-refractivity contribution in [3.05, 3.63) is 84.4 Å². The Hall–Kier alpha value is -3.27. The molecule has 0 unspecified atom stereocenters. The van der Waals surface area contributed by atoms with E-state index in [-0.39, 0.29) is 11.7 Å². The van der Waals surface area contributed by atoms with Gasteiger partial charge in [-0.05, 0) is 53.9 Å². The highest BCUT2D eigenvalue weighted by Crippen LogP contribution is 2.20. The van der Waals surface area contributed by atoms with Crippen LogP contribution in [0.1, 0.15) is 23.7 Å². The SMILES string of the molecule is CCCOC(=O)c1ccc(O)cc1.Oc1ccc(-c2ccccc2)cc1. The van der Waals surface area contributed by atoms with Crippen LogP contribution in [-0.4, -0.2) is 22.8 Å². The van der Waals surface area contributed by atoms with Crippen LogP contribution >= 0.6 is 0 Å². The monoisotopic (exact) mass is 350 g/mol. The van der Waals surface area contributed by atoms with Crippen molar-refractivity contribution in [2.24, 2.45) is 0 Å². The molecule has 0 fully saturated rings. The fourth-order valence-corrected chi connectivity index (χ4v) is 2.16. The molecule has 2 N–H and O–H groups in total. The van der Waals surface area contributed by atoms with Gasteiger partial charge >= 0.3 is 5.97 Å². The second-order valence-electron chi connectivity index (χ2n) is 5.60. The van der Waals surface area contributed by atoms with E-state index in [1.807, 2.05) is 49.4 Å². The van der Waals surface area contributed by atoms with Crippen molar-refractivity contribution in [3.8, 4) is 22.6 Å². The zero-order valence-corrected chi connectivity index (χ0v) is 14.6. The molecule has 0 atom stereocenters. The number of esters is 1. The number of phenols is 2. The highest BCUT2D eigenvalue weighted by atomic mass is 16.5. The van der Waals surface area contributed by atoms with E-state index in [2.05, 4.69) is 0 Å². The average molecular weight is 350 g/mol. The van der Waals surface area contributed by atoms with E-state index in [9.17, 15) is 4.79 Å². The highest BCUT2D eigenvalue weighted by Gasteiger charge is 2.05. The standard InChI is InChI=1S/C12H10O.C10H12O3/c13-12-8-6-11(7-9-12)10-4-2-1-3-5-10;1-2-7-13-10(12)8-3-5-9(11)6-4-8/h1-9,13H;3-6,11H,2,7H2,1H3. The second kappa shape index (κ2) is 9.89. The predicted octanol–water partition coefficient (Wildman–Crippen LogP) is 5.02. The Balaban J connectivity index is 0.000000187. The minimum Gasteiger partial charge on any atom is -0.508 e. The maximum Gasteiger partial charge on any atom is 0.338 e. The maximum atomic E-state index is 11.2. The van der Waals surface area contributed by atoms with E-state index in [1.54, 1.807) is 12.1 Å². The second-order valence-corrected chi connectivity index (χ2v) is 5.60. The van der Waals surface area contributed by atoms with Gasteiger partial charge in [0.15, 0.2) is 0 Å². The minimum atomic E-state index is -0.346. The number of carbonyl (C=O) groups is 1. The third-order valence-corrected chi connectivity index (χ3v) is 3.51. The van der Waals surface area contributed by atoms with Gasteiger partial charge in [0, 0.05) is 0 Å². The minimum absolute atomic E-state index is 0.145. The third kappa shape index (κ3) is 5.98. The van der Waals surface area contributed by atoms with Crippen LogP contribution in [0.3, 0.4) is 0 Å². The topological polar surface area (TPSA) is 66.8 Å². The summed E-state index contributed by atoms with van der Waals surface area (Å²) in [6.45, 7) is 2.36. The molecule has 0 aliphatic rings. The Morgan fingerprint density at radius 1 is 0.769 bits per heavy atom. The zero-order valence-electron chi connectivity index (χ0n) is 14.6. The number of ether oxygens (including phenoxy) is 1. The van der Waals surface area contributed by atoms with Crippen molar-refractivity contribution < 1.29 is 19.7 Å². The first kappa shape index (κ1) is 19.1. The van der Waals surface area contributed by atoms with E-state index < -0.39 is 0 Å². The van der Waals surface area contributed by atoms with Crippen LogP contribution in [0.2, 0.25) is 0 Å². The molecule has 4 nitrogen and oxygen atoms in total. The number of phenolic OH excluding ortho intramolecular Hbond substituents is 2. The molecule has 0 aliphatic carbocycles. The van der Waals surface area contributed by atoms with Crippen LogP contribution in [-0.2, 0) is 4.74 Å². The van der Waals surface area contributed by atoms with Crippen LogP contribution in [0, 0.1) is 0 Å². The van der Waals surface area contributed by atoms with Crippen LogP contribution in [0.15, 0.2) is 78.9 Å². The van der Waals surface area contributed by atoms with Crippen molar-refractivity contribution in [2.45, 2.75) is 13.3 Å². The summed E-state index contributed by atoms with van der Waals surface area (Å²) < 4.78 is 4.90. The van der Waals surface area contributed by atoms with Crippen LogP contribution in [0.5, 0.6) is 11.5 Å². The van der Waals surface area contributed by atoms with Crippen LogP contribution in [0.4, 0.5) is 0 Å². The molecule has 0 radical (unpaired) electrons. The summed E-state index contributed by atoms with van der Waals surface area (Å²) in [5, 5.41) is 18.1. The van der Waals surface area contributed by atoms with Crippen LogP contribution < -0.4 is 0 Å². The van der Waals surface area contributed by atoms with E-state index in [1.165, 1.54) is 29.8 Å². The number of hydrogen-bond donors (Lipinski definition) is 2. The van der Waals surface area contributed by atoms with Crippen molar-refractivity contribution in [2.75, 3.05) is 6.61 Å². The number of aromatic hydroxyl groups is 2. The predicted molar refractivity (Wildman–Crippen MR) is 102 cm³/mol. The molecule has 4 heteroatoms. The first-order valence-electron chi connectivity index (χ1n) is 8.40. The number of benzene rings is 3. The summed E-state index contributed by atoms with van der Waals surface area (Å²) in [5.74, 6) is 0.105. The first-order chi connectivity index (χ1) is 12.6. The summed E-state index contributed by atoms with van der Waals surface area (Å²) in [6, 6.07) is 23.3. The fraction of sp³-hybridized carbons (Fsp3) is 0.136. The average Bonchev–Trinajstić information content (AvgIpc) is 2.68. The van der Waals surface area contributed by atoms with Gasteiger partial charge in [-0.25, -0.2) is 4.79 Å². The Bertz CT molecular complexity index is 794. The molecule has 0 spiro atoms.